The Bertz CT molecular complexity index is 385. The van der Waals surface area contributed by atoms with E-state index in [2.05, 4.69) is 10.7 Å². The first kappa shape index (κ1) is 26.9. The van der Waals surface area contributed by atoms with Crippen LogP contribution >= 0.6 is 0 Å². The molecule has 0 heterocycles. The summed E-state index contributed by atoms with van der Waals surface area (Å²) in [5.74, 6) is 5.39. The predicted molar refractivity (Wildman–Crippen MR) is 107 cm³/mol. The number of hydrazine groups is 1. The van der Waals surface area contributed by atoms with Crippen LogP contribution in [0.5, 0.6) is 0 Å². The molecule has 0 fully saturated rings. The quantitative estimate of drug-likeness (QED) is 0.143. The van der Waals surface area contributed by atoms with Gasteiger partial charge in [-0.1, -0.05) is 13.3 Å². The van der Waals surface area contributed by atoms with E-state index in [1.807, 2.05) is 6.92 Å². The molecule has 0 saturated heterocycles. The van der Waals surface area contributed by atoms with Crippen LogP contribution in [0.15, 0.2) is 0 Å². The summed E-state index contributed by atoms with van der Waals surface area (Å²) in [5, 5.41) is 2.87. The topological polar surface area (TPSA) is 121 Å². The van der Waals surface area contributed by atoms with Crippen molar-refractivity contribution in [3.05, 3.63) is 0 Å². The highest BCUT2D eigenvalue weighted by Gasteiger charge is 2.11. The van der Waals surface area contributed by atoms with Gasteiger partial charge in [-0.25, -0.2) is 0 Å². The monoisotopic (exact) mass is 405 g/mol. The summed E-state index contributed by atoms with van der Waals surface area (Å²) >= 11 is 0. The van der Waals surface area contributed by atoms with E-state index in [9.17, 15) is 9.59 Å². The molecule has 9 nitrogen and oxygen atoms in total. The van der Waals surface area contributed by atoms with Gasteiger partial charge in [-0.15, -0.1) is 0 Å². The molecule has 0 spiro atoms. The average Bonchev–Trinajstić information content (AvgIpc) is 2.67. The maximum atomic E-state index is 11.9. The minimum Gasteiger partial charge on any atom is -0.379 e. The molecule has 9 heteroatoms. The van der Waals surface area contributed by atoms with E-state index >= 15 is 0 Å². The van der Waals surface area contributed by atoms with Gasteiger partial charge in [0.05, 0.1) is 52.9 Å². The number of rotatable bonds is 21. The molecule has 1 atom stereocenters. The third-order valence-corrected chi connectivity index (χ3v) is 3.92. The van der Waals surface area contributed by atoms with Crippen LogP contribution in [0.2, 0.25) is 0 Å². The molecule has 0 radical (unpaired) electrons. The Hall–Kier alpha value is -1.10. The molecule has 0 bridgehead atoms. The second kappa shape index (κ2) is 20.6. The normalized spacial score (nSPS) is 12.1. The molecule has 0 aliphatic carbocycles. The fourth-order valence-corrected chi connectivity index (χ4v) is 2.21. The van der Waals surface area contributed by atoms with Gasteiger partial charge >= 0.3 is 0 Å². The zero-order chi connectivity index (χ0) is 20.9. The summed E-state index contributed by atoms with van der Waals surface area (Å²) < 4.78 is 21.4. The van der Waals surface area contributed by atoms with Crippen LogP contribution in [0.1, 0.15) is 39.5 Å². The standard InChI is InChI=1S/C19H39N3O6/c1-17(5-3-4-7-22-20)19(24)21-8-10-26-12-14-28-16-15-27-13-11-25-9-6-18(2)23/h17,22H,3-16,20H2,1-2H3,(H,21,24)/t17-/m0/s1. The van der Waals surface area contributed by atoms with Crippen LogP contribution in [0.4, 0.5) is 0 Å². The van der Waals surface area contributed by atoms with Crippen molar-refractivity contribution in [2.75, 3.05) is 65.9 Å². The SMILES string of the molecule is CC(=O)CCOCCOCCOCCOCCNC(=O)[C@@H](C)CCCCNN. The number of carbonyl (C=O) groups is 2. The number of ether oxygens (including phenoxy) is 4. The van der Waals surface area contributed by atoms with Crippen molar-refractivity contribution in [2.45, 2.75) is 39.5 Å². The first-order chi connectivity index (χ1) is 13.6. The van der Waals surface area contributed by atoms with Gasteiger partial charge in [0.25, 0.3) is 0 Å². The third kappa shape index (κ3) is 19.7. The van der Waals surface area contributed by atoms with Crippen LogP contribution in [0, 0.1) is 5.92 Å². The molecule has 0 unspecified atom stereocenters. The van der Waals surface area contributed by atoms with Crippen LogP contribution in [0.3, 0.4) is 0 Å². The highest BCUT2D eigenvalue weighted by atomic mass is 16.6. The molecular weight excluding hydrogens is 366 g/mol. The Balaban J connectivity index is 3.24. The van der Waals surface area contributed by atoms with E-state index < -0.39 is 0 Å². The highest BCUT2D eigenvalue weighted by molar-refractivity contribution is 5.78. The van der Waals surface area contributed by atoms with Gasteiger partial charge < -0.3 is 24.3 Å². The van der Waals surface area contributed by atoms with Gasteiger partial charge in [0.15, 0.2) is 0 Å². The van der Waals surface area contributed by atoms with Crippen LogP contribution in [-0.4, -0.2) is 77.6 Å². The maximum Gasteiger partial charge on any atom is 0.222 e. The van der Waals surface area contributed by atoms with E-state index in [0.717, 1.165) is 25.8 Å². The lowest BCUT2D eigenvalue weighted by atomic mass is 10.0. The summed E-state index contributed by atoms with van der Waals surface area (Å²) in [6.45, 7) is 8.56. The molecule has 0 rings (SSSR count). The number of nitrogens with two attached hydrogens (primary N) is 1. The summed E-state index contributed by atoms with van der Waals surface area (Å²) in [6, 6.07) is 0. The maximum absolute atomic E-state index is 11.9. The first-order valence-corrected chi connectivity index (χ1v) is 10.1. The fraction of sp³-hybridized carbons (Fsp3) is 0.895. The van der Waals surface area contributed by atoms with Gasteiger partial charge in [0.2, 0.25) is 5.91 Å². The number of carbonyl (C=O) groups excluding carboxylic acids is 2. The molecule has 0 saturated carbocycles. The molecule has 0 aromatic rings. The Morgan fingerprint density at radius 1 is 0.821 bits per heavy atom. The third-order valence-electron chi connectivity index (χ3n) is 3.92. The number of amides is 1. The number of hydrogen-bond donors (Lipinski definition) is 3. The average molecular weight is 406 g/mol. The van der Waals surface area contributed by atoms with Crippen molar-refractivity contribution >= 4 is 11.7 Å². The summed E-state index contributed by atoms with van der Waals surface area (Å²) in [4.78, 5) is 22.6. The zero-order valence-corrected chi connectivity index (χ0v) is 17.5. The Morgan fingerprint density at radius 2 is 1.36 bits per heavy atom. The van der Waals surface area contributed by atoms with Gasteiger partial charge in [0.1, 0.15) is 5.78 Å². The van der Waals surface area contributed by atoms with E-state index in [0.29, 0.717) is 65.8 Å². The number of unbranched alkanes of at least 4 members (excludes halogenated alkanes) is 1. The molecule has 0 aliphatic heterocycles. The van der Waals surface area contributed by atoms with Crippen molar-refractivity contribution in [3.63, 3.8) is 0 Å². The van der Waals surface area contributed by atoms with E-state index in [-0.39, 0.29) is 17.6 Å². The largest absolute Gasteiger partial charge is 0.379 e. The van der Waals surface area contributed by atoms with Crippen LogP contribution in [0.25, 0.3) is 0 Å². The molecule has 28 heavy (non-hydrogen) atoms. The summed E-state index contributed by atoms with van der Waals surface area (Å²) in [6.07, 6.45) is 3.24. The minimum atomic E-state index is 0.000596. The summed E-state index contributed by atoms with van der Waals surface area (Å²) in [5.41, 5.74) is 2.61. The number of Topliss-reactive ketones (excluding diaryl/α,β-unsaturated/α-hetero) is 1. The lowest BCUT2D eigenvalue weighted by molar-refractivity contribution is -0.125. The van der Waals surface area contributed by atoms with Gasteiger partial charge in [0, 0.05) is 25.4 Å². The van der Waals surface area contributed by atoms with Gasteiger partial charge in [-0.3, -0.25) is 20.9 Å². The number of ketones is 1. The summed E-state index contributed by atoms with van der Waals surface area (Å²) in [7, 11) is 0. The fourth-order valence-electron chi connectivity index (χ4n) is 2.21. The number of nitrogens with one attached hydrogen (secondary N) is 2. The lowest BCUT2D eigenvalue weighted by Crippen LogP contribution is -2.32. The van der Waals surface area contributed by atoms with Crippen molar-refractivity contribution < 1.29 is 28.5 Å². The number of hydrogen-bond acceptors (Lipinski definition) is 8. The molecule has 0 aromatic heterocycles. The van der Waals surface area contributed by atoms with Crippen molar-refractivity contribution in [1.82, 2.24) is 10.7 Å². The van der Waals surface area contributed by atoms with Crippen molar-refractivity contribution in [3.8, 4) is 0 Å². The van der Waals surface area contributed by atoms with Gasteiger partial charge in [-0.05, 0) is 19.8 Å². The Labute approximate surface area is 168 Å². The first-order valence-electron chi connectivity index (χ1n) is 10.1. The second-order valence-corrected chi connectivity index (χ2v) is 6.54. The van der Waals surface area contributed by atoms with Gasteiger partial charge in [-0.2, -0.15) is 0 Å². The van der Waals surface area contributed by atoms with Crippen LogP contribution < -0.4 is 16.6 Å². The van der Waals surface area contributed by atoms with E-state index in [1.165, 1.54) is 0 Å². The zero-order valence-electron chi connectivity index (χ0n) is 17.5. The molecule has 4 N–H and O–H groups in total. The van der Waals surface area contributed by atoms with E-state index in [1.54, 1.807) is 6.92 Å². The Kier molecular flexibility index (Phi) is 19.8. The predicted octanol–water partition coefficient (Wildman–Crippen LogP) is 0.418. The molecule has 1 amide bonds. The highest BCUT2D eigenvalue weighted by Crippen LogP contribution is 2.07. The second-order valence-electron chi connectivity index (χ2n) is 6.54. The molecule has 0 aromatic carbocycles. The van der Waals surface area contributed by atoms with Crippen molar-refractivity contribution in [1.29, 1.82) is 0 Å². The minimum absolute atomic E-state index is 0.000596. The lowest BCUT2D eigenvalue weighted by Gasteiger charge is -2.12. The van der Waals surface area contributed by atoms with E-state index in [4.69, 9.17) is 24.8 Å². The molecule has 0 aliphatic rings. The Morgan fingerprint density at radius 3 is 1.89 bits per heavy atom. The van der Waals surface area contributed by atoms with Crippen molar-refractivity contribution in [2.24, 2.45) is 11.8 Å². The molecular formula is C19H39N3O6. The van der Waals surface area contributed by atoms with Crippen LogP contribution in [-0.2, 0) is 28.5 Å². The molecule has 166 valence electrons. The smallest absolute Gasteiger partial charge is 0.222 e.